The van der Waals surface area contributed by atoms with Crippen LogP contribution in [0.4, 0.5) is 14.6 Å². The third-order valence-corrected chi connectivity index (χ3v) is 8.28. The molecule has 2 rings (SSSR count). The second-order valence-corrected chi connectivity index (χ2v) is 11.1. The lowest BCUT2D eigenvalue weighted by molar-refractivity contribution is -0.0616. The van der Waals surface area contributed by atoms with Crippen molar-refractivity contribution < 1.29 is 60.5 Å². The molecule has 0 aromatic carbocycles. The first kappa shape index (κ1) is 27.2. The third kappa shape index (κ3) is 6.08. The smallest absolute Gasteiger partial charge is 0.386 e. The van der Waals surface area contributed by atoms with E-state index in [4.69, 9.17) is 36.8 Å². The standard InChI is InChI=1S/C11H15ClF2N3O12P3/c12-4-11(3-5(13)30(20,21)28-32(25,26)29-31(22,23)24)8(18)7(14)9(27-11)17-2-1-6(15)16-10(17)19/h1-3,7-9,18H,4H2,(H,20,21)(H,25,26)(H2,15,16,19)(H2,22,23,24)/b5-3-/t7-,8+,9?,11+/m1/s1. The van der Waals surface area contributed by atoms with Crippen LogP contribution in [0.3, 0.4) is 0 Å². The van der Waals surface area contributed by atoms with Crippen LogP contribution in [0.2, 0.25) is 0 Å². The molecular formula is C11H15ClF2N3O12P3. The van der Waals surface area contributed by atoms with Crippen molar-refractivity contribution in [3.05, 3.63) is 34.4 Å². The normalized spacial score (nSPS) is 30.6. The SMILES string of the molecule is Nc1ccn(C2O[C@@](/C=C(/F)P(=O)(O)OP(=O)(O)OP(=O)(O)O)(CCl)[C@@H](O)[C@H]2F)c(=O)n1. The molecule has 182 valence electrons. The van der Waals surface area contributed by atoms with Crippen molar-refractivity contribution in [1.82, 2.24) is 9.55 Å². The number of aliphatic hydroxyl groups is 1. The van der Waals surface area contributed by atoms with Gasteiger partial charge in [-0.3, -0.25) is 9.13 Å². The number of phosphoric acid groups is 2. The molecule has 1 fully saturated rings. The molecule has 0 spiro atoms. The number of hydrogen-bond acceptors (Lipinski definition) is 10. The zero-order valence-electron chi connectivity index (χ0n) is 15.2. The lowest BCUT2D eigenvalue weighted by Crippen LogP contribution is -2.42. The summed E-state index contributed by atoms with van der Waals surface area (Å²) in [4.78, 5) is 50.9. The predicted octanol–water partition coefficient (Wildman–Crippen LogP) is 0.253. The number of anilines is 1. The Morgan fingerprint density at radius 2 is 1.94 bits per heavy atom. The van der Waals surface area contributed by atoms with E-state index >= 15 is 0 Å². The maximum Gasteiger partial charge on any atom is 0.488 e. The Morgan fingerprint density at radius 1 is 1.34 bits per heavy atom. The zero-order valence-corrected chi connectivity index (χ0v) is 18.7. The third-order valence-electron chi connectivity index (χ3n) is 3.81. The van der Waals surface area contributed by atoms with Gasteiger partial charge in [-0.25, -0.2) is 22.6 Å². The average molecular weight is 548 g/mol. The van der Waals surface area contributed by atoms with Crippen LogP contribution in [0.15, 0.2) is 28.7 Å². The van der Waals surface area contributed by atoms with Gasteiger partial charge in [0.15, 0.2) is 12.4 Å². The van der Waals surface area contributed by atoms with Gasteiger partial charge in [0.05, 0.1) is 5.88 Å². The molecule has 1 saturated heterocycles. The number of nitrogens with two attached hydrogens (primary N) is 1. The van der Waals surface area contributed by atoms with Crippen LogP contribution in [0.25, 0.3) is 0 Å². The highest BCUT2D eigenvalue weighted by molar-refractivity contribution is 7.69. The maximum atomic E-state index is 14.7. The number of nitrogen functional groups attached to an aromatic ring is 1. The van der Waals surface area contributed by atoms with Crippen molar-refractivity contribution in [1.29, 1.82) is 0 Å². The van der Waals surface area contributed by atoms with E-state index < -0.39 is 64.5 Å². The van der Waals surface area contributed by atoms with E-state index in [2.05, 4.69) is 13.6 Å². The quantitative estimate of drug-likeness (QED) is 0.189. The van der Waals surface area contributed by atoms with Crippen molar-refractivity contribution in [3.63, 3.8) is 0 Å². The molecule has 0 radical (unpaired) electrons. The van der Waals surface area contributed by atoms with Gasteiger partial charge in [0.25, 0.3) is 0 Å². The molecule has 6 atom stereocenters. The molecule has 3 unspecified atom stereocenters. The summed E-state index contributed by atoms with van der Waals surface area (Å²) in [6.07, 6.45) is -5.91. The molecule has 2 heterocycles. The summed E-state index contributed by atoms with van der Waals surface area (Å²) in [5, 5.41) is 10.2. The molecule has 0 bridgehead atoms. The van der Waals surface area contributed by atoms with Crippen LogP contribution in [0, 0.1) is 0 Å². The van der Waals surface area contributed by atoms with Gasteiger partial charge in [0, 0.05) is 6.20 Å². The Balaban J connectivity index is 2.40. The van der Waals surface area contributed by atoms with Crippen LogP contribution >= 0.6 is 34.8 Å². The number of alkyl halides is 2. The van der Waals surface area contributed by atoms with Crippen molar-refractivity contribution in [2.24, 2.45) is 0 Å². The predicted molar refractivity (Wildman–Crippen MR) is 100 cm³/mol. The van der Waals surface area contributed by atoms with Crippen LogP contribution in [-0.4, -0.2) is 58.0 Å². The minimum atomic E-state index is -6.01. The highest BCUT2D eigenvalue weighted by Gasteiger charge is 2.56. The summed E-state index contributed by atoms with van der Waals surface area (Å²) in [5.74, 6) is -1.22. The van der Waals surface area contributed by atoms with Crippen LogP contribution in [0.1, 0.15) is 6.23 Å². The van der Waals surface area contributed by atoms with E-state index in [1.165, 1.54) is 0 Å². The Kier molecular flexibility index (Phi) is 7.90. The van der Waals surface area contributed by atoms with E-state index in [0.29, 0.717) is 4.57 Å². The molecule has 15 nitrogen and oxygen atoms in total. The Hall–Kier alpha value is -1.06. The molecule has 0 aliphatic carbocycles. The van der Waals surface area contributed by atoms with Gasteiger partial charge < -0.3 is 35.2 Å². The number of nitrogens with zero attached hydrogens (tertiary/aromatic N) is 2. The average Bonchev–Trinajstić information content (AvgIpc) is 2.84. The molecule has 1 aromatic heterocycles. The van der Waals surface area contributed by atoms with E-state index in [1.54, 1.807) is 0 Å². The summed E-state index contributed by atoms with van der Waals surface area (Å²) < 4.78 is 75.7. The Bertz CT molecular complexity index is 1110. The molecule has 32 heavy (non-hydrogen) atoms. The number of hydrogen-bond donors (Lipinski definition) is 6. The van der Waals surface area contributed by atoms with Gasteiger partial charge in [-0.15, -0.1) is 11.6 Å². The summed E-state index contributed by atoms with van der Waals surface area (Å²) >= 11 is 5.63. The van der Waals surface area contributed by atoms with Gasteiger partial charge in [-0.1, -0.05) is 0 Å². The van der Waals surface area contributed by atoms with E-state index in [0.717, 1.165) is 12.3 Å². The zero-order chi connectivity index (χ0) is 24.7. The van der Waals surface area contributed by atoms with E-state index in [-0.39, 0.29) is 11.9 Å². The van der Waals surface area contributed by atoms with Crippen LogP contribution in [-0.2, 0) is 27.1 Å². The Morgan fingerprint density at radius 3 is 2.44 bits per heavy atom. The van der Waals surface area contributed by atoms with Gasteiger partial charge in [0.1, 0.15) is 17.5 Å². The molecule has 7 N–H and O–H groups in total. The molecule has 1 aliphatic heterocycles. The second-order valence-electron chi connectivity index (χ2n) is 6.14. The number of ether oxygens (including phenoxy) is 1. The number of rotatable bonds is 8. The minimum absolute atomic E-state index is 0.0503. The van der Waals surface area contributed by atoms with Gasteiger partial charge in [-0.05, 0) is 12.1 Å². The van der Waals surface area contributed by atoms with Crippen molar-refractivity contribution >= 4 is 40.7 Å². The summed E-state index contributed by atoms with van der Waals surface area (Å²) in [5.41, 5.74) is -0.786. The second kappa shape index (κ2) is 9.29. The molecular weight excluding hydrogens is 533 g/mol. The van der Waals surface area contributed by atoms with Gasteiger partial charge in [0.2, 0.25) is 5.57 Å². The lowest BCUT2D eigenvalue weighted by Gasteiger charge is -2.26. The minimum Gasteiger partial charge on any atom is -0.386 e. The number of aromatic nitrogens is 2. The highest BCUT2D eigenvalue weighted by atomic mass is 35.5. The summed E-state index contributed by atoms with van der Waals surface area (Å²) in [6.45, 7) is 0. The molecule has 0 amide bonds. The first-order valence-corrected chi connectivity index (χ1v) is 13.0. The fourth-order valence-electron chi connectivity index (χ4n) is 2.49. The largest absolute Gasteiger partial charge is 0.488 e. The van der Waals surface area contributed by atoms with Crippen LogP contribution < -0.4 is 11.4 Å². The first-order valence-electron chi connectivity index (χ1n) is 7.86. The van der Waals surface area contributed by atoms with Crippen molar-refractivity contribution in [2.45, 2.75) is 24.1 Å². The van der Waals surface area contributed by atoms with Crippen molar-refractivity contribution in [3.8, 4) is 0 Å². The maximum absolute atomic E-state index is 14.7. The van der Waals surface area contributed by atoms with Gasteiger partial charge in [-0.2, -0.15) is 13.7 Å². The Labute approximate surface area is 181 Å². The number of aliphatic hydroxyl groups excluding tert-OH is 1. The summed E-state index contributed by atoms with van der Waals surface area (Å²) in [7, 11) is -17.7. The van der Waals surface area contributed by atoms with E-state index in [1.807, 2.05) is 0 Å². The molecule has 1 aliphatic rings. The summed E-state index contributed by atoms with van der Waals surface area (Å²) in [6, 6.07) is 1.07. The fraction of sp³-hybridized carbons (Fsp3) is 0.455. The molecule has 21 heteroatoms. The van der Waals surface area contributed by atoms with E-state index in [9.17, 15) is 37.3 Å². The first-order chi connectivity index (χ1) is 14.4. The topological polar surface area (TPSA) is 241 Å². The monoisotopic (exact) mass is 547 g/mol. The molecule has 0 saturated carbocycles. The number of halogens is 3. The fourth-order valence-corrected chi connectivity index (χ4v) is 6.07. The lowest BCUT2D eigenvalue weighted by atomic mass is 9.98. The van der Waals surface area contributed by atoms with Crippen LogP contribution in [0.5, 0.6) is 0 Å². The molecule has 1 aromatic rings. The highest BCUT2D eigenvalue weighted by Crippen LogP contribution is 2.69. The van der Waals surface area contributed by atoms with Gasteiger partial charge >= 0.3 is 28.9 Å². The van der Waals surface area contributed by atoms with Crippen molar-refractivity contribution in [2.75, 3.05) is 11.6 Å².